The Bertz CT molecular complexity index is 2730. The first-order valence-electron chi connectivity index (χ1n) is 18.8. The first-order chi connectivity index (χ1) is 25.8. The Morgan fingerprint density at radius 1 is 0.377 bits per heavy atom. The minimum absolute atomic E-state index is 0.137. The molecular formula is C52H41N. The van der Waals surface area contributed by atoms with Crippen molar-refractivity contribution in [3.63, 3.8) is 0 Å². The second kappa shape index (κ2) is 11.7. The molecule has 0 amide bonds. The van der Waals surface area contributed by atoms with E-state index in [0.29, 0.717) is 0 Å². The van der Waals surface area contributed by atoms with Crippen LogP contribution in [0.3, 0.4) is 0 Å². The van der Waals surface area contributed by atoms with Crippen LogP contribution in [-0.4, -0.2) is 0 Å². The summed E-state index contributed by atoms with van der Waals surface area (Å²) in [6.07, 6.45) is 0. The Morgan fingerprint density at radius 3 is 1.70 bits per heavy atom. The third-order valence-corrected chi connectivity index (χ3v) is 12.1. The maximum atomic E-state index is 2.59. The van der Waals surface area contributed by atoms with Crippen LogP contribution in [0.2, 0.25) is 0 Å². The van der Waals surface area contributed by atoms with Crippen LogP contribution in [0.1, 0.15) is 49.9 Å². The highest BCUT2D eigenvalue weighted by atomic mass is 15.2. The van der Waals surface area contributed by atoms with Crippen molar-refractivity contribution in [1.82, 2.24) is 0 Å². The fourth-order valence-electron chi connectivity index (χ4n) is 9.42. The normalized spacial score (nSPS) is 14.3. The Balaban J connectivity index is 1.33. The monoisotopic (exact) mass is 679 g/mol. The summed E-state index contributed by atoms with van der Waals surface area (Å²) in [6, 6.07) is 65.3. The van der Waals surface area contributed by atoms with Gasteiger partial charge in [0.05, 0.1) is 11.4 Å². The molecule has 254 valence electrons. The fraction of sp³-hybridized carbons (Fsp3) is 0.115. The Labute approximate surface area is 312 Å². The molecular weight excluding hydrogens is 639 g/mol. The number of nitrogens with zero attached hydrogens (tertiary/aromatic N) is 1. The average molecular weight is 680 g/mol. The minimum atomic E-state index is -0.155. The third kappa shape index (κ3) is 4.63. The zero-order chi connectivity index (χ0) is 35.9. The number of hydrogen-bond donors (Lipinski definition) is 0. The number of para-hydroxylation sites is 1. The molecule has 8 aromatic rings. The van der Waals surface area contributed by atoms with Gasteiger partial charge in [-0.2, -0.15) is 0 Å². The van der Waals surface area contributed by atoms with Gasteiger partial charge in [-0.3, -0.25) is 0 Å². The summed E-state index contributed by atoms with van der Waals surface area (Å²) < 4.78 is 0. The second-order valence-corrected chi connectivity index (χ2v) is 15.7. The molecule has 10 rings (SSSR count). The summed E-state index contributed by atoms with van der Waals surface area (Å²) >= 11 is 0. The van der Waals surface area contributed by atoms with Gasteiger partial charge in [0.2, 0.25) is 0 Å². The zero-order valence-corrected chi connectivity index (χ0v) is 30.7. The lowest BCUT2D eigenvalue weighted by Gasteiger charge is -2.33. The van der Waals surface area contributed by atoms with Gasteiger partial charge in [-0.25, -0.2) is 0 Å². The SMILES string of the molecule is CC1(C)c2ccccc2-c2ccc(N(c3ccccc3-c3ccccc3-c3ccccc3)c3c4c(cc5ccccc35)C(C)(C)c3ccccc3-4)cc21. The van der Waals surface area contributed by atoms with Crippen LogP contribution < -0.4 is 4.90 Å². The van der Waals surface area contributed by atoms with Crippen LogP contribution in [0, 0.1) is 0 Å². The molecule has 1 heteroatoms. The third-order valence-electron chi connectivity index (χ3n) is 12.1. The van der Waals surface area contributed by atoms with Crippen molar-refractivity contribution < 1.29 is 0 Å². The fourth-order valence-corrected chi connectivity index (χ4v) is 9.42. The summed E-state index contributed by atoms with van der Waals surface area (Å²) in [5.74, 6) is 0. The van der Waals surface area contributed by atoms with E-state index >= 15 is 0 Å². The Kier molecular flexibility index (Phi) is 6.94. The molecule has 0 heterocycles. The maximum Gasteiger partial charge on any atom is 0.0621 e. The van der Waals surface area contributed by atoms with Gasteiger partial charge in [0.1, 0.15) is 0 Å². The highest BCUT2D eigenvalue weighted by molar-refractivity contribution is 6.11. The average Bonchev–Trinajstić information content (AvgIpc) is 3.57. The number of anilines is 3. The molecule has 0 unspecified atom stereocenters. The van der Waals surface area contributed by atoms with Gasteiger partial charge in [-0.05, 0) is 85.3 Å². The van der Waals surface area contributed by atoms with E-state index in [1.807, 2.05) is 0 Å². The van der Waals surface area contributed by atoms with Crippen molar-refractivity contribution in [2.75, 3.05) is 4.90 Å². The topological polar surface area (TPSA) is 3.24 Å². The quantitative estimate of drug-likeness (QED) is 0.175. The summed E-state index contributed by atoms with van der Waals surface area (Å²) in [7, 11) is 0. The standard InChI is InChI=1S/C52H41N/c1-51(2)44-27-15-12-24-40(44)41-31-30-36(33-46(41)51)53(48-29-17-14-25-42(48)39-23-11-10-21-37(39)34-18-6-5-7-19-34)50-38-22-9-8-20-35(38)32-47-49(50)43-26-13-16-28-45(43)52(47,3)4/h5-33H,1-4H3. The number of benzene rings is 8. The van der Waals surface area contributed by atoms with Gasteiger partial charge in [-0.15, -0.1) is 0 Å². The van der Waals surface area contributed by atoms with Crippen molar-refractivity contribution in [1.29, 1.82) is 0 Å². The first-order valence-corrected chi connectivity index (χ1v) is 18.8. The second-order valence-electron chi connectivity index (χ2n) is 15.7. The summed E-state index contributed by atoms with van der Waals surface area (Å²) in [4.78, 5) is 2.59. The van der Waals surface area contributed by atoms with Crippen LogP contribution >= 0.6 is 0 Å². The molecule has 2 aliphatic carbocycles. The van der Waals surface area contributed by atoms with Crippen molar-refractivity contribution in [3.05, 3.63) is 198 Å². The summed E-state index contributed by atoms with van der Waals surface area (Å²) in [6.45, 7) is 9.54. The molecule has 0 aliphatic heterocycles. The van der Waals surface area contributed by atoms with Crippen molar-refractivity contribution in [2.45, 2.75) is 38.5 Å². The predicted octanol–water partition coefficient (Wildman–Crippen LogP) is 14.3. The van der Waals surface area contributed by atoms with Gasteiger partial charge in [0.25, 0.3) is 0 Å². The van der Waals surface area contributed by atoms with Crippen LogP contribution in [0.15, 0.2) is 176 Å². The van der Waals surface area contributed by atoms with Crippen LogP contribution in [0.4, 0.5) is 17.1 Å². The maximum absolute atomic E-state index is 2.59. The van der Waals surface area contributed by atoms with Gasteiger partial charge in [0, 0.05) is 33.0 Å². The Morgan fingerprint density at radius 2 is 0.925 bits per heavy atom. The van der Waals surface area contributed by atoms with Crippen molar-refractivity contribution in [3.8, 4) is 44.5 Å². The molecule has 0 spiro atoms. The van der Waals surface area contributed by atoms with Crippen LogP contribution in [0.5, 0.6) is 0 Å². The van der Waals surface area contributed by atoms with E-state index in [2.05, 4.69) is 209 Å². The van der Waals surface area contributed by atoms with Crippen molar-refractivity contribution >= 4 is 27.8 Å². The first kappa shape index (κ1) is 31.5. The van der Waals surface area contributed by atoms with Crippen LogP contribution in [-0.2, 0) is 10.8 Å². The van der Waals surface area contributed by atoms with E-state index in [-0.39, 0.29) is 10.8 Å². The lowest BCUT2D eigenvalue weighted by molar-refractivity contribution is 0.660. The highest BCUT2D eigenvalue weighted by Crippen LogP contribution is 2.58. The van der Waals surface area contributed by atoms with Crippen molar-refractivity contribution in [2.24, 2.45) is 0 Å². The molecule has 0 fully saturated rings. The van der Waals surface area contributed by atoms with Gasteiger partial charge >= 0.3 is 0 Å². The van der Waals surface area contributed by atoms with Gasteiger partial charge < -0.3 is 4.90 Å². The lowest BCUT2D eigenvalue weighted by atomic mass is 9.81. The van der Waals surface area contributed by atoms with E-state index in [1.54, 1.807) is 0 Å². The van der Waals surface area contributed by atoms with E-state index in [0.717, 1.165) is 11.4 Å². The van der Waals surface area contributed by atoms with E-state index in [1.165, 1.54) is 83.2 Å². The smallest absolute Gasteiger partial charge is 0.0621 e. The largest absolute Gasteiger partial charge is 0.309 e. The molecule has 0 N–H and O–H groups in total. The molecule has 0 saturated carbocycles. The molecule has 0 bridgehead atoms. The molecule has 0 radical (unpaired) electrons. The Hall–Kier alpha value is -6.18. The molecule has 0 atom stereocenters. The predicted molar refractivity (Wildman–Crippen MR) is 225 cm³/mol. The zero-order valence-electron chi connectivity index (χ0n) is 30.7. The van der Waals surface area contributed by atoms with E-state index < -0.39 is 0 Å². The van der Waals surface area contributed by atoms with Gasteiger partial charge in [-0.1, -0.05) is 179 Å². The van der Waals surface area contributed by atoms with Crippen LogP contribution in [0.25, 0.3) is 55.3 Å². The molecule has 1 nitrogen and oxygen atoms in total. The van der Waals surface area contributed by atoms with E-state index in [9.17, 15) is 0 Å². The highest BCUT2D eigenvalue weighted by Gasteiger charge is 2.40. The lowest BCUT2D eigenvalue weighted by Crippen LogP contribution is -2.18. The number of rotatable bonds is 5. The summed E-state index contributed by atoms with van der Waals surface area (Å²) in [5.41, 5.74) is 18.9. The number of hydrogen-bond acceptors (Lipinski definition) is 1. The molecule has 0 saturated heterocycles. The van der Waals surface area contributed by atoms with Gasteiger partial charge in [0.15, 0.2) is 0 Å². The molecule has 0 aromatic heterocycles. The molecule has 8 aromatic carbocycles. The molecule has 53 heavy (non-hydrogen) atoms. The van der Waals surface area contributed by atoms with E-state index in [4.69, 9.17) is 0 Å². The molecule has 2 aliphatic rings. The minimum Gasteiger partial charge on any atom is -0.309 e. The number of fused-ring (bicyclic) bond motifs is 7. The summed E-state index contributed by atoms with van der Waals surface area (Å²) in [5, 5.41) is 2.50.